The summed E-state index contributed by atoms with van der Waals surface area (Å²) >= 11 is 0. The molecule has 2 heterocycles. The Balaban J connectivity index is 1.35. The summed E-state index contributed by atoms with van der Waals surface area (Å²) in [5, 5.41) is 3.12. The topological polar surface area (TPSA) is 88.6 Å². The molecule has 0 spiro atoms. The third-order valence-electron chi connectivity index (χ3n) is 8.27. The molecule has 1 saturated heterocycles. The van der Waals surface area contributed by atoms with Gasteiger partial charge in [-0.2, -0.15) is 0 Å². The molecule has 3 amide bonds. The minimum atomic E-state index is -0.652. The second kappa shape index (κ2) is 13.1. The Bertz CT molecular complexity index is 1120. The SMILES string of the molecule is Cc1cc(OCCC2CCN(C(=O)OC(C)(C)C)CC2)cc2c1C(=O)N(N(CC1CCCCC1)C(=O)OC(C)(C)C)C2. The Kier molecular flexibility index (Phi) is 9.99. The fraction of sp³-hybridized carbons (Fsp3) is 0.727. The van der Waals surface area contributed by atoms with Crippen LogP contribution in [-0.2, 0) is 16.0 Å². The Morgan fingerprint density at radius 3 is 2.17 bits per heavy atom. The third kappa shape index (κ3) is 8.54. The van der Waals surface area contributed by atoms with Gasteiger partial charge in [0.15, 0.2) is 0 Å². The van der Waals surface area contributed by atoms with Crippen LogP contribution < -0.4 is 4.74 Å². The van der Waals surface area contributed by atoms with E-state index in [1.807, 2.05) is 60.6 Å². The van der Waals surface area contributed by atoms with E-state index in [4.69, 9.17) is 14.2 Å². The van der Waals surface area contributed by atoms with E-state index < -0.39 is 17.3 Å². The highest BCUT2D eigenvalue weighted by atomic mass is 16.6. The van der Waals surface area contributed by atoms with Gasteiger partial charge in [-0.15, -0.1) is 0 Å². The van der Waals surface area contributed by atoms with Crippen LogP contribution in [0.1, 0.15) is 114 Å². The molecule has 4 rings (SSSR count). The average Bonchev–Trinajstić information content (AvgIpc) is 3.22. The number of carbonyl (C=O) groups excluding carboxylic acids is 3. The first-order valence-corrected chi connectivity index (χ1v) is 15.8. The second-order valence-corrected chi connectivity index (χ2v) is 14.3. The predicted molar refractivity (Wildman–Crippen MR) is 161 cm³/mol. The smallest absolute Gasteiger partial charge is 0.429 e. The van der Waals surface area contributed by atoms with E-state index >= 15 is 0 Å². The molecule has 2 fully saturated rings. The maximum absolute atomic E-state index is 13.7. The van der Waals surface area contributed by atoms with Gasteiger partial charge in [-0.05, 0) is 116 Å². The molecule has 0 atom stereocenters. The van der Waals surface area contributed by atoms with Crippen molar-refractivity contribution in [2.45, 2.75) is 118 Å². The lowest BCUT2D eigenvalue weighted by molar-refractivity contribution is -0.0464. The summed E-state index contributed by atoms with van der Waals surface area (Å²) in [6.45, 7) is 15.9. The predicted octanol–water partition coefficient (Wildman–Crippen LogP) is 7.10. The van der Waals surface area contributed by atoms with Gasteiger partial charge in [0, 0.05) is 25.2 Å². The van der Waals surface area contributed by atoms with Crippen LogP contribution >= 0.6 is 0 Å². The van der Waals surface area contributed by atoms with Crippen molar-refractivity contribution >= 4 is 18.1 Å². The van der Waals surface area contributed by atoms with Crippen LogP contribution in [0, 0.1) is 18.8 Å². The minimum Gasteiger partial charge on any atom is -0.494 e. The largest absolute Gasteiger partial charge is 0.494 e. The molecular formula is C33H51N3O6. The summed E-state index contributed by atoms with van der Waals surface area (Å²) < 4.78 is 17.4. The number of aryl methyl sites for hydroxylation is 1. The lowest BCUT2D eigenvalue weighted by Crippen LogP contribution is -2.50. The molecule has 0 unspecified atom stereocenters. The summed E-state index contributed by atoms with van der Waals surface area (Å²) in [7, 11) is 0. The molecule has 1 aromatic rings. The number of ether oxygens (including phenoxy) is 3. The van der Waals surface area contributed by atoms with Gasteiger partial charge < -0.3 is 19.1 Å². The van der Waals surface area contributed by atoms with Crippen molar-refractivity contribution in [1.82, 2.24) is 14.9 Å². The number of rotatable bonds is 7. The highest BCUT2D eigenvalue weighted by molar-refractivity contribution is 6.00. The third-order valence-corrected chi connectivity index (χ3v) is 8.27. The number of nitrogens with zero attached hydrogens (tertiary/aromatic N) is 3. The second-order valence-electron chi connectivity index (χ2n) is 14.3. The van der Waals surface area contributed by atoms with Crippen LogP contribution in [0.5, 0.6) is 5.75 Å². The molecule has 0 N–H and O–H groups in total. The van der Waals surface area contributed by atoms with Crippen molar-refractivity contribution in [3.05, 3.63) is 28.8 Å². The number of hydrogen-bond donors (Lipinski definition) is 0. The number of carbonyl (C=O) groups is 3. The molecule has 3 aliphatic rings. The van der Waals surface area contributed by atoms with Crippen LogP contribution in [0.15, 0.2) is 12.1 Å². The van der Waals surface area contributed by atoms with Gasteiger partial charge >= 0.3 is 12.2 Å². The molecule has 42 heavy (non-hydrogen) atoms. The van der Waals surface area contributed by atoms with Crippen molar-refractivity contribution < 1.29 is 28.6 Å². The first kappa shape index (κ1) is 32.0. The highest BCUT2D eigenvalue weighted by Gasteiger charge is 2.39. The molecule has 2 aliphatic heterocycles. The molecule has 0 radical (unpaired) electrons. The molecule has 9 nitrogen and oxygen atoms in total. The summed E-state index contributed by atoms with van der Waals surface area (Å²) in [6.07, 6.45) is 7.71. The summed E-state index contributed by atoms with van der Waals surface area (Å²) in [5.74, 6) is 1.42. The van der Waals surface area contributed by atoms with Crippen LogP contribution in [0.4, 0.5) is 9.59 Å². The van der Waals surface area contributed by atoms with Crippen molar-refractivity contribution in [2.24, 2.45) is 11.8 Å². The zero-order valence-electron chi connectivity index (χ0n) is 26.8. The summed E-state index contributed by atoms with van der Waals surface area (Å²) in [4.78, 5) is 41.1. The average molecular weight is 586 g/mol. The first-order valence-electron chi connectivity index (χ1n) is 15.8. The quantitative estimate of drug-likeness (QED) is 0.339. The van der Waals surface area contributed by atoms with E-state index in [0.717, 1.165) is 61.8 Å². The van der Waals surface area contributed by atoms with E-state index in [1.54, 1.807) is 14.9 Å². The monoisotopic (exact) mass is 585 g/mol. The van der Waals surface area contributed by atoms with E-state index in [2.05, 4.69) is 0 Å². The van der Waals surface area contributed by atoms with E-state index in [0.29, 0.717) is 50.2 Å². The Hall–Kier alpha value is -2.97. The van der Waals surface area contributed by atoms with Gasteiger partial charge in [0.1, 0.15) is 17.0 Å². The Morgan fingerprint density at radius 1 is 0.905 bits per heavy atom. The molecule has 1 aromatic carbocycles. The molecule has 1 aliphatic carbocycles. The fourth-order valence-corrected chi connectivity index (χ4v) is 6.17. The number of fused-ring (bicyclic) bond motifs is 1. The van der Waals surface area contributed by atoms with Crippen molar-refractivity contribution in [3.8, 4) is 5.75 Å². The van der Waals surface area contributed by atoms with Gasteiger partial charge in [-0.25, -0.2) is 19.6 Å². The van der Waals surface area contributed by atoms with Gasteiger partial charge in [0.05, 0.1) is 13.2 Å². The van der Waals surface area contributed by atoms with Crippen LogP contribution in [-0.4, -0.2) is 70.5 Å². The number of likely N-dealkylation sites (tertiary alicyclic amines) is 1. The van der Waals surface area contributed by atoms with Crippen molar-refractivity contribution in [2.75, 3.05) is 26.2 Å². The van der Waals surface area contributed by atoms with E-state index in [9.17, 15) is 14.4 Å². The highest BCUT2D eigenvalue weighted by Crippen LogP contribution is 2.34. The van der Waals surface area contributed by atoms with Gasteiger partial charge in [0.25, 0.3) is 5.91 Å². The minimum absolute atomic E-state index is 0.160. The van der Waals surface area contributed by atoms with Gasteiger partial charge in [0.2, 0.25) is 0 Å². The lowest BCUT2D eigenvalue weighted by atomic mass is 9.89. The summed E-state index contributed by atoms with van der Waals surface area (Å²) in [5.41, 5.74) is 1.23. The van der Waals surface area contributed by atoms with Crippen LogP contribution in [0.2, 0.25) is 0 Å². The number of amides is 3. The Labute approximate surface area is 251 Å². The molecule has 1 saturated carbocycles. The summed E-state index contributed by atoms with van der Waals surface area (Å²) in [6, 6.07) is 3.86. The maximum Gasteiger partial charge on any atom is 0.429 e. The lowest BCUT2D eigenvalue weighted by Gasteiger charge is -2.36. The maximum atomic E-state index is 13.7. The van der Waals surface area contributed by atoms with E-state index in [-0.39, 0.29) is 12.0 Å². The molecular weight excluding hydrogens is 534 g/mol. The van der Waals surface area contributed by atoms with Crippen molar-refractivity contribution in [3.63, 3.8) is 0 Å². The Morgan fingerprint density at radius 2 is 1.55 bits per heavy atom. The number of piperidine rings is 1. The van der Waals surface area contributed by atoms with Crippen LogP contribution in [0.25, 0.3) is 0 Å². The number of hydrazine groups is 1. The number of hydrogen-bond acceptors (Lipinski definition) is 6. The van der Waals surface area contributed by atoms with Gasteiger partial charge in [-0.3, -0.25) is 4.79 Å². The molecule has 9 heteroatoms. The molecule has 0 aromatic heterocycles. The van der Waals surface area contributed by atoms with Gasteiger partial charge in [-0.1, -0.05) is 19.3 Å². The first-order chi connectivity index (χ1) is 19.7. The zero-order valence-corrected chi connectivity index (χ0v) is 26.8. The standard InChI is InChI=1S/C33H51N3O6/c1-23-19-27(40-18-15-24-13-16-34(17-14-24)30(38)41-32(2,3)4)20-26-22-35(29(37)28(23)26)36(31(39)42-33(5,6)7)21-25-11-9-8-10-12-25/h19-20,24-25H,8-18,21-22H2,1-7H3. The molecule has 0 bridgehead atoms. The zero-order chi connectivity index (χ0) is 30.7. The fourth-order valence-electron chi connectivity index (χ4n) is 6.17. The van der Waals surface area contributed by atoms with Crippen LogP contribution in [0.3, 0.4) is 0 Å². The molecule has 234 valence electrons. The number of benzene rings is 1. The normalized spacial score (nSPS) is 18.6. The van der Waals surface area contributed by atoms with Crippen molar-refractivity contribution in [1.29, 1.82) is 0 Å². The van der Waals surface area contributed by atoms with E-state index in [1.165, 1.54) is 6.42 Å².